The van der Waals surface area contributed by atoms with E-state index in [1.165, 1.54) is 12.1 Å². The summed E-state index contributed by atoms with van der Waals surface area (Å²) in [4.78, 5) is 14.5. The van der Waals surface area contributed by atoms with Crippen LogP contribution in [-0.4, -0.2) is 38.1 Å². The van der Waals surface area contributed by atoms with E-state index in [2.05, 4.69) is 6.92 Å². The van der Waals surface area contributed by atoms with Gasteiger partial charge in [-0.15, -0.1) is 0 Å². The van der Waals surface area contributed by atoms with E-state index in [1.807, 2.05) is 7.05 Å². The van der Waals surface area contributed by atoms with Crippen molar-refractivity contribution < 1.29 is 13.2 Å². The Balaban J connectivity index is 2.21. The maximum atomic E-state index is 12.5. The van der Waals surface area contributed by atoms with Crippen molar-refractivity contribution in [3.05, 3.63) is 29.8 Å². The van der Waals surface area contributed by atoms with E-state index in [0.717, 1.165) is 31.9 Å². The minimum absolute atomic E-state index is 0.0468. The van der Waals surface area contributed by atoms with Crippen molar-refractivity contribution in [2.45, 2.75) is 43.0 Å². The number of rotatable bonds is 3. The van der Waals surface area contributed by atoms with Gasteiger partial charge in [-0.2, -0.15) is 0 Å². The van der Waals surface area contributed by atoms with E-state index in [4.69, 9.17) is 0 Å². The SMILES string of the molecule is CN(C(=O)c1ccc(S(C)(=O)=O)cc1)C1(C)CCCC1. The Morgan fingerprint density at radius 1 is 1.15 bits per heavy atom. The number of hydrogen-bond donors (Lipinski definition) is 0. The monoisotopic (exact) mass is 295 g/mol. The Morgan fingerprint density at radius 2 is 1.65 bits per heavy atom. The summed E-state index contributed by atoms with van der Waals surface area (Å²) in [7, 11) is -1.39. The fourth-order valence-corrected chi connectivity index (χ4v) is 3.39. The lowest BCUT2D eigenvalue weighted by Gasteiger charge is -2.35. The molecule has 0 unspecified atom stereocenters. The number of nitrogens with zero attached hydrogens (tertiary/aromatic N) is 1. The molecule has 0 aliphatic heterocycles. The lowest BCUT2D eigenvalue weighted by Crippen LogP contribution is -2.45. The van der Waals surface area contributed by atoms with E-state index in [1.54, 1.807) is 17.0 Å². The van der Waals surface area contributed by atoms with Gasteiger partial charge in [0.1, 0.15) is 0 Å². The molecule has 1 aromatic carbocycles. The van der Waals surface area contributed by atoms with Gasteiger partial charge in [-0.05, 0) is 44.0 Å². The van der Waals surface area contributed by atoms with Gasteiger partial charge in [0.05, 0.1) is 4.90 Å². The molecular weight excluding hydrogens is 274 g/mol. The molecule has 1 aliphatic rings. The van der Waals surface area contributed by atoms with Gasteiger partial charge in [0.15, 0.2) is 9.84 Å². The highest BCUT2D eigenvalue weighted by atomic mass is 32.2. The van der Waals surface area contributed by atoms with Crippen molar-refractivity contribution in [3.63, 3.8) is 0 Å². The molecule has 1 fully saturated rings. The van der Waals surface area contributed by atoms with Crippen molar-refractivity contribution >= 4 is 15.7 Å². The number of amides is 1. The second-order valence-corrected chi connectivity index (χ2v) is 7.88. The minimum Gasteiger partial charge on any atom is -0.336 e. The van der Waals surface area contributed by atoms with Crippen LogP contribution in [0.4, 0.5) is 0 Å². The zero-order valence-corrected chi connectivity index (χ0v) is 13.0. The summed E-state index contributed by atoms with van der Waals surface area (Å²) in [6.07, 6.45) is 5.52. The number of sulfone groups is 1. The average molecular weight is 295 g/mol. The quantitative estimate of drug-likeness (QED) is 0.861. The first-order chi connectivity index (χ1) is 9.24. The highest BCUT2D eigenvalue weighted by molar-refractivity contribution is 7.90. The third-order valence-electron chi connectivity index (χ3n) is 4.32. The molecule has 0 radical (unpaired) electrons. The van der Waals surface area contributed by atoms with Crippen LogP contribution in [-0.2, 0) is 9.84 Å². The van der Waals surface area contributed by atoms with Crippen LogP contribution in [0.5, 0.6) is 0 Å². The Bertz CT molecular complexity index is 599. The highest BCUT2D eigenvalue weighted by Crippen LogP contribution is 2.34. The molecule has 1 amide bonds. The zero-order chi connectivity index (χ0) is 15.0. The first kappa shape index (κ1) is 15.0. The predicted molar refractivity (Wildman–Crippen MR) is 78.5 cm³/mol. The van der Waals surface area contributed by atoms with Crippen LogP contribution < -0.4 is 0 Å². The predicted octanol–water partition coefficient (Wildman–Crippen LogP) is 2.49. The first-order valence-corrected chi connectivity index (χ1v) is 8.71. The van der Waals surface area contributed by atoms with Gasteiger partial charge in [0.25, 0.3) is 5.91 Å². The van der Waals surface area contributed by atoms with Crippen molar-refractivity contribution in [2.75, 3.05) is 13.3 Å². The summed E-state index contributed by atoms with van der Waals surface area (Å²) in [5.41, 5.74) is 0.458. The normalized spacial score (nSPS) is 17.9. The van der Waals surface area contributed by atoms with Gasteiger partial charge in [-0.1, -0.05) is 12.8 Å². The lowest BCUT2D eigenvalue weighted by molar-refractivity contribution is 0.0606. The Labute approximate surface area is 120 Å². The second kappa shape index (κ2) is 5.20. The van der Waals surface area contributed by atoms with Crippen molar-refractivity contribution in [1.29, 1.82) is 0 Å². The smallest absolute Gasteiger partial charge is 0.254 e. The van der Waals surface area contributed by atoms with E-state index >= 15 is 0 Å². The van der Waals surface area contributed by atoms with Crippen molar-refractivity contribution in [2.24, 2.45) is 0 Å². The van der Waals surface area contributed by atoms with Crippen LogP contribution in [0, 0.1) is 0 Å². The summed E-state index contributed by atoms with van der Waals surface area (Å²) >= 11 is 0. The fourth-order valence-electron chi connectivity index (χ4n) is 2.76. The van der Waals surface area contributed by atoms with Crippen LogP contribution in [0.1, 0.15) is 43.0 Å². The molecule has 110 valence electrons. The van der Waals surface area contributed by atoms with Gasteiger partial charge in [-0.25, -0.2) is 8.42 Å². The number of benzene rings is 1. The van der Waals surface area contributed by atoms with Gasteiger partial charge >= 0.3 is 0 Å². The summed E-state index contributed by atoms with van der Waals surface area (Å²) in [6.45, 7) is 2.11. The Morgan fingerprint density at radius 3 is 2.10 bits per heavy atom. The zero-order valence-electron chi connectivity index (χ0n) is 12.2. The van der Waals surface area contributed by atoms with Gasteiger partial charge in [0, 0.05) is 24.4 Å². The maximum absolute atomic E-state index is 12.5. The van der Waals surface area contributed by atoms with Crippen molar-refractivity contribution in [3.8, 4) is 0 Å². The van der Waals surface area contributed by atoms with Gasteiger partial charge in [-0.3, -0.25) is 4.79 Å². The van der Waals surface area contributed by atoms with E-state index in [-0.39, 0.29) is 16.3 Å². The molecule has 0 heterocycles. The van der Waals surface area contributed by atoms with E-state index in [9.17, 15) is 13.2 Å². The van der Waals surface area contributed by atoms with Crippen LogP contribution in [0.2, 0.25) is 0 Å². The van der Waals surface area contributed by atoms with Crippen molar-refractivity contribution in [1.82, 2.24) is 4.90 Å². The number of carbonyl (C=O) groups excluding carboxylic acids is 1. The molecule has 0 aromatic heterocycles. The molecule has 0 bridgehead atoms. The van der Waals surface area contributed by atoms with Crippen LogP contribution in [0.15, 0.2) is 29.2 Å². The fraction of sp³-hybridized carbons (Fsp3) is 0.533. The molecule has 0 N–H and O–H groups in total. The molecule has 20 heavy (non-hydrogen) atoms. The van der Waals surface area contributed by atoms with Crippen LogP contribution in [0.3, 0.4) is 0 Å². The van der Waals surface area contributed by atoms with Gasteiger partial charge in [0.2, 0.25) is 0 Å². The molecule has 1 aromatic rings. The third kappa shape index (κ3) is 2.87. The lowest BCUT2D eigenvalue weighted by atomic mass is 9.97. The minimum atomic E-state index is -3.22. The summed E-state index contributed by atoms with van der Waals surface area (Å²) in [6, 6.07) is 6.17. The summed E-state index contributed by atoms with van der Waals surface area (Å²) in [5.74, 6) is -0.0468. The third-order valence-corrected chi connectivity index (χ3v) is 5.45. The molecule has 1 saturated carbocycles. The molecule has 0 spiro atoms. The standard InChI is InChI=1S/C15H21NO3S/c1-15(10-4-5-11-15)16(2)14(17)12-6-8-13(9-7-12)20(3,18)19/h6-9H,4-5,10-11H2,1-3H3. The molecule has 5 heteroatoms. The molecule has 0 saturated heterocycles. The Kier molecular flexibility index (Phi) is 3.91. The van der Waals surface area contributed by atoms with E-state index < -0.39 is 9.84 Å². The topological polar surface area (TPSA) is 54.5 Å². The summed E-state index contributed by atoms with van der Waals surface area (Å²) in [5, 5.41) is 0. The average Bonchev–Trinajstić information content (AvgIpc) is 2.84. The largest absolute Gasteiger partial charge is 0.336 e. The van der Waals surface area contributed by atoms with Crippen LogP contribution >= 0.6 is 0 Å². The number of hydrogen-bond acceptors (Lipinski definition) is 3. The summed E-state index contributed by atoms with van der Waals surface area (Å²) < 4.78 is 22.8. The first-order valence-electron chi connectivity index (χ1n) is 6.82. The molecule has 2 rings (SSSR count). The van der Waals surface area contributed by atoms with E-state index in [0.29, 0.717) is 5.56 Å². The molecular formula is C15H21NO3S. The number of carbonyl (C=O) groups is 1. The second-order valence-electron chi connectivity index (χ2n) is 5.86. The molecule has 0 atom stereocenters. The Hall–Kier alpha value is -1.36. The maximum Gasteiger partial charge on any atom is 0.254 e. The molecule has 1 aliphatic carbocycles. The molecule has 4 nitrogen and oxygen atoms in total. The van der Waals surface area contributed by atoms with Gasteiger partial charge < -0.3 is 4.90 Å². The highest BCUT2D eigenvalue weighted by Gasteiger charge is 2.35. The van der Waals surface area contributed by atoms with Crippen LogP contribution in [0.25, 0.3) is 0 Å².